The molecule has 0 unspecified atom stereocenters. The van der Waals surface area contributed by atoms with Crippen LogP contribution in [0.15, 0.2) is 18.3 Å². The van der Waals surface area contributed by atoms with E-state index in [1.54, 1.807) is 30.1 Å². The Morgan fingerprint density at radius 3 is 2.30 bits per heavy atom. The summed E-state index contributed by atoms with van der Waals surface area (Å²) in [5.41, 5.74) is 1.38. The fraction of sp³-hybridized carbons (Fsp3) is 0.385. The summed E-state index contributed by atoms with van der Waals surface area (Å²) in [4.78, 5) is 0. The molecule has 0 bridgehead atoms. The highest BCUT2D eigenvalue weighted by Crippen LogP contribution is 2.38. The van der Waals surface area contributed by atoms with E-state index in [-0.39, 0.29) is 13.2 Å². The smallest absolute Gasteiger partial charge is 0.203 e. The molecule has 0 fully saturated rings. The van der Waals surface area contributed by atoms with E-state index in [4.69, 9.17) is 14.2 Å². The van der Waals surface area contributed by atoms with Crippen LogP contribution in [-0.4, -0.2) is 34.3 Å². The number of methoxy groups -OCH3 is 2. The second-order valence-corrected chi connectivity index (χ2v) is 4.16. The Labute approximate surface area is 116 Å². The molecule has 7 nitrogen and oxygen atoms in total. The number of aryl methyl sites for hydroxylation is 1. The lowest BCUT2D eigenvalue weighted by Gasteiger charge is -2.15. The second kappa shape index (κ2) is 6.25. The van der Waals surface area contributed by atoms with Crippen molar-refractivity contribution in [2.24, 2.45) is 7.05 Å². The van der Waals surface area contributed by atoms with Crippen LogP contribution in [0.2, 0.25) is 0 Å². The van der Waals surface area contributed by atoms with E-state index in [0.717, 1.165) is 0 Å². The maximum Gasteiger partial charge on any atom is 0.203 e. The minimum Gasteiger partial charge on any atom is -0.493 e. The fourth-order valence-corrected chi connectivity index (χ4v) is 1.78. The highest BCUT2D eigenvalue weighted by Gasteiger charge is 2.14. The van der Waals surface area contributed by atoms with Gasteiger partial charge in [0.2, 0.25) is 5.75 Å². The molecule has 1 aromatic heterocycles. The van der Waals surface area contributed by atoms with Crippen LogP contribution in [0.1, 0.15) is 11.3 Å². The largest absolute Gasteiger partial charge is 0.493 e. The van der Waals surface area contributed by atoms with Gasteiger partial charge in [-0.3, -0.25) is 4.68 Å². The third-order valence-electron chi connectivity index (χ3n) is 2.72. The van der Waals surface area contributed by atoms with Crippen molar-refractivity contribution in [3.8, 4) is 17.2 Å². The van der Waals surface area contributed by atoms with Gasteiger partial charge in [-0.25, -0.2) is 0 Å². The monoisotopic (exact) mass is 279 g/mol. The molecule has 0 radical (unpaired) electrons. The van der Waals surface area contributed by atoms with Gasteiger partial charge >= 0.3 is 0 Å². The first kappa shape index (κ1) is 14.1. The van der Waals surface area contributed by atoms with Crippen molar-refractivity contribution in [2.75, 3.05) is 14.2 Å². The van der Waals surface area contributed by atoms with Crippen LogP contribution in [0.5, 0.6) is 17.2 Å². The van der Waals surface area contributed by atoms with Crippen molar-refractivity contribution in [2.45, 2.75) is 13.2 Å². The molecule has 0 spiro atoms. The normalized spacial score (nSPS) is 10.4. The van der Waals surface area contributed by atoms with Crippen LogP contribution >= 0.6 is 0 Å². The standard InChI is InChI=1S/C13H17N3O4/c1-16-6-10(14-15-16)8-20-13-11(18-2)4-9(7-17)5-12(13)19-3/h4-6,17H,7-8H2,1-3H3. The van der Waals surface area contributed by atoms with Gasteiger partial charge in [0, 0.05) is 7.05 Å². The molecule has 0 atom stereocenters. The van der Waals surface area contributed by atoms with Crippen LogP contribution in [0, 0.1) is 0 Å². The molecule has 20 heavy (non-hydrogen) atoms. The quantitative estimate of drug-likeness (QED) is 0.846. The molecule has 1 aromatic carbocycles. The Bertz CT molecular complexity index is 558. The summed E-state index contributed by atoms with van der Waals surface area (Å²) in [7, 11) is 4.85. The van der Waals surface area contributed by atoms with Gasteiger partial charge < -0.3 is 19.3 Å². The topological polar surface area (TPSA) is 78.6 Å². The van der Waals surface area contributed by atoms with Gasteiger partial charge in [0.25, 0.3) is 0 Å². The van der Waals surface area contributed by atoms with Gasteiger partial charge in [-0.2, -0.15) is 0 Å². The first-order valence-corrected chi connectivity index (χ1v) is 6.01. The Kier molecular flexibility index (Phi) is 4.41. The summed E-state index contributed by atoms with van der Waals surface area (Å²) >= 11 is 0. The summed E-state index contributed by atoms with van der Waals surface area (Å²) < 4.78 is 17.8. The number of aromatic nitrogens is 3. The molecule has 2 rings (SSSR count). The third kappa shape index (κ3) is 3.00. The minimum atomic E-state index is -0.100. The number of hydrogen-bond donors (Lipinski definition) is 1. The van der Waals surface area contributed by atoms with Gasteiger partial charge in [-0.15, -0.1) is 5.10 Å². The summed E-state index contributed by atoms with van der Waals surface area (Å²) in [5.74, 6) is 1.47. The second-order valence-electron chi connectivity index (χ2n) is 4.16. The van der Waals surface area contributed by atoms with Crippen molar-refractivity contribution in [1.29, 1.82) is 0 Å². The molecule has 7 heteroatoms. The van der Waals surface area contributed by atoms with Crippen LogP contribution < -0.4 is 14.2 Å². The molecular formula is C13H17N3O4. The number of aliphatic hydroxyl groups excluding tert-OH is 1. The molecule has 0 amide bonds. The van der Waals surface area contributed by atoms with E-state index in [1.807, 2.05) is 0 Å². The number of nitrogens with zero attached hydrogens (tertiary/aromatic N) is 3. The van der Waals surface area contributed by atoms with Crippen LogP contribution in [0.3, 0.4) is 0 Å². The minimum absolute atomic E-state index is 0.100. The first-order chi connectivity index (χ1) is 9.67. The number of ether oxygens (including phenoxy) is 3. The van der Waals surface area contributed by atoms with Gasteiger partial charge in [-0.1, -0.05) is 5.21 Å². The van der Waals surface area contributed by atoms with Gasteiger partial charge in [-0.05, 0) is 17.7 Å². The first-order valence-electron chi connectivity index (χ1n) is 6.01. The molecule has 0 saturated heterocycles. The highest BCUT2D eigenvalue weighted by atomic mass is 16.5. The molecule has 2 aromatic rings. The zero-order valence-electron chi connectivity index (χ0n) is 11.7. The molecule has 108 valence electrons. The van der Waals surface area contributed by atoms with Gasteiger partial charge in [0.1, 0.15) is 12.3 Å². The summed E-state index contributed by atoms with van der Waals surface area (Å²) in [6, 6.07) is 3.41. The zero-order valence-corrected chi connectivity index (χ0v) is 11.7. The van der Waals surface area contributed by atoms with Gasteiger partial charge in [0.05, 0.1) is 27.0 Å². The lowest BCUT2D eigenvalue weighted by atomic mass is 10.2. The van der Waals surface area contributed by atoms with Crippen molar-refractivity contribution in [3.63, 3.8) is 0 Å². The lowest BCUT2D eigenvalue weighted by molar-refractivity contribution is 0.257. The molecule has 0 aliphatic rings. The van der Waals surface area contributed by atoms with E-state index < -0.39 is 0 Å². The SMILES string of the molecule is COc1cc(CO)cc(OC)c1OCc1cn(C)nn1. The van der Waals surface area contributed by atoms with Gasteiger partial charge in [0.15, 0.2) is 11.5 Å². The van der Waals surface area contributed by atoms with Crippen molar-refractivity contribution in [1.82, 2.24) is 15.0 Å². The predicted octanol–water partition coefficient (Wildman–Crippen LogP) is 0.904. The Balaban J connectivity index is 2.24. The van der Waals surface area contributed by atoms with Crippen LogP contribution in [0.4, 0.5) is 0 Å². The maximum absolute atomic E-state index is 9.21. The predicted molar refractivity (Wildman–Crippen MR) is 70.8 cm³/mol. The zero-order chi connectivity index (χ0) is 14.5. The molecular weight excluding hydrogens is 262 g/mol. The van der Waals surface area contributed by atoms with Crippen LogP contribution in [0.25, 0.3) is 0 Å². The highest BCUT2D eigenvalue weighted by molar-refractivity contribution is 5.53. The maximum atomic E-state index is 9.21. The van der Waals surface area contributed by atoms with Crippen LogP contribution in [-0.2, 0) is 20.3 Å². The molecule has 0 aliphatic carbocycles. The van der Waals surface area contributed by atoms with E-state index >= 15 is 0 Å². The van der Waals surface area contributed by atoms with E-state index in [1.165, 1.54) is 14.2 Å². The van der Waals surface area contributed by atoms with Crippen molar-refractivity contribution >= 4 is 0 Å². The Morgan fingerprint density at radius 2 is 1.85 bits per heavy atom. The number of rotatable bonds is 6. The molecule has 1 N–H and O–H groups in total. The van der Waals surface area contributed by atoms with E-state index in [2.05, 4.69) is 10.3 Å². The van der Waals surface area contributed by atoms with E-state index in [9.17, 15) is 5.11 Å². The third-order valence-corrected chi connectivity index (χ3v) is 2.72. The molecule has 0 saturated carbocycles. The number of aliphatic hydroxyl groups is 1. The number of benzene rings is 1. The average Bonchev–Trinajstić information content (AvgIpc) is 2.89. The lowest BCUT2D eigenvalue weighted by Crippen LogP contribution is -2.01. The van der Waals surface area contributed by atoms with Crippen molar-refractivity contribution < 1.29 is 19.3 Å². The Hall–Kier alpha value is -2.28. The van der Waals surface area contributed by atoms with Crippen molar-refractivity contribution in [3.05, 3.63) is 29.6 Å². The summed E-state index contributed by atoms with van der Waals surface area (Å²) in [6.07, 6.45) is 1.76. The molecule has 1 heterocycles. The average molecular weight is 279 g/mol. The summed E-state index contributed by atoms with van der Waals surface area (Å²) in [6.45, 7) is 0.149. The van der Waals surface area contributed by atoms with E-state index in [0.29, 0.717) is 28.5 Å². The molecule has 0 aliphatic heterocycles. The Morgan fingerprint density at radius 1 is 1.20 bits per heavy atom. The fourth-order valence-electron chi connectivity index (χ4n) is 1.78. The number of hydrogen-bond acceptors (Lipinski definition) is 6. The summed E-state index contributed by atoms with van der Waals surface area (Å²) in [5, 5.41) is 17.0.